The fraction of sp³-hybridized carbons (Fsp3) is 0.263. The standard InChI is InChI=1S/C19H19Br2NO3/c1-2-25-18(24)19(22-13-23,11-14-3-7-16(20)8-4-14)12-15-5-9-17(21)10-6-15/h3-10,13H,2,11-12H2,1H3,(H,22,23). The lowest BCUT2D eigenvalue weighted by molar-refractivity contribution is -0.152. The van der Waals surface area contributed by atoms with Crippen LogP contribution < -0.4 is 5.32 Å². The van der Waals surface area contributed by atoms with Crippen molar-refractivity contribution in [2.45, 2.75) is 25.3 Å². The third-order valence-corrected chi connectivity index (χ3v) is 4.90. The number of hydrogen-bond donors (Lipinski definition) is 1. The summed E-state index contributed by atoms with van der Waals surface area (Å²) in [4.78, 5) is 24.0. The van der Waals surface area contributed by atoms with Crippen molar-refractivity contribution < 1.29 is 14.3 Å². The summed E-state index contributed by atoms with van der Waals surface area (Å²) in [5.74, 6) is -0.437. The highest BCUT2D eigenvalue weighted by molar-refractivity contribution is 9.10. The van der Waals surface area contributed by atoms with Gasteiger partial charge in [-0.2, -0.15) is 0 Å². The molecule has 0 aliphatic carbocycles. The molecule has 2 aromatic rings. The smallest absolute Gasteiger partial charge is 0.332 e. The third-order valence-electron chi connectivity index (χ3n) is 3.84. The second kappa shape index (κ2) is 9.15. The second-order valence-corrected chi connectivity index (χ2v) is 7.50. The van der Waals surface area contributed by atoms with Gasteiger partial charge in [0.05, 0.1) is 6.61 Å². The van der Waals surface area contributed by atoms with Gasteiger partial charge in [-0.3, -0.25) is 4.79 Å². The number of esters is 1. The Morgan fingerprint density at radius 1 is 1.00 bits per heavy atom. The van der Waals surface area contributed by atoms with E-state index in [-0.39, 0.29) is 6.61 Å². The van der Waals surface area contributed by atoms with Gasteiger partial charge in [-0.25, -0.2) is 4.79 Å². The van der Waals surface area contributed by atoms with Crippen LogP contribution in [0.4, 0.5) is 0 Å². The summed E-state index contributed by atoms with van der Waals surface area (Å²) >= 11 is 6.80. The fourth-order valence-electron chi connectivity index (χ4n) is 2.65. The molecule has 1 amide bonds. The highest BCUT2D eigenvalue weighted by Gasteiger charge is 2.40. The second-order valence-electron chi connectivity index (χ2n) is 5.67. The average Bonchev–Trinajstić information content (AvgIpc) is 2.59. The Bertz CT molecular complexity index is 667. The minimum absolute atomic E-state index is 0.252. The van der Waals surface area contributed by atoms with Crippen LogP contribution in [0.1, 0.15) is 18.1 Å². The van der Waals surface area contributed by atoms with E-state index in [4.69, 9.17) is 4.74 Å². The van der Waals surface area contributed by atoms with E-state index in [0.29, 0.717) is 19.3 Å². The van der Waals surface area contributed by atoms with Crippen molar-refractivity contribution in [3.63, 3.8) is 0 Å². The number of amides is 1. The van der Waals surface area contributed by atoms with Crippen molar-refractivity contribution in [3.05, 3.63) is 68.6 Å². The Morgan fingerprint density at radius 2 is 1.44 bits per heavy atom. The zero-order chi connectivity index (χ0) is 18.3. The molecule has 0 aliphatic rings. The Balaban J connectivity index is 2.38. The van der Waals surface area contributed by atoms with Crippen LogP contribution in [0.25, 0.3) is 0 Å². The van der Waals surface area contributed by atoms with E-state index in [1.54, 1.807) is 6.92 Å². The van der Waals surface area contributed by atoms with Crippen molar-refractivity contribution in [2.24, 2.45) is 0 Å². The molecular formula is C19H19Br2NO3. The molecule has 0 spiro atoms. The number of benzene rings is 2. The highest BCUT2D eigenvalue weighted by atomic mass is 79.9. The maximum absolute atomic E-state index is 12.7. The molecule has 0 atom stereocenters. The lowest BCUT2D eigenvalue weighted by Gasteiger charge is -2.31. The normalized spacial score (nSPS) is 11.0. The van der Waals surface area contributed by atoms with E-state index in [9.17, 15) is 9.59 Å². The molecule has 0 saturated heterocycles. The maximum Gasteiger partial charge on any atom is 0.332 e. The van der Waals surface area contributed by atoms with Gasteiger partial charge in [0.15, 0.2) is 0 Å². The lowest BCUT2D eigenvalue weighted by Crippen LogP contribution is -2.56. The molecule has 4 nitrogen and oxygen atoms in total. The van der Waals surface area contributed by atoms with Crippen LogP contribution in [0.3, 0.4) is 0 Å². The van der Waals surface area contributed by atoms with E-state index < -0.39 is 11.5 Å². The summed E-state index contributed by atoms with van der Waals surface area (Å²) in [6.45, 7) is 2.00. The predicted molar refractivity (Wildman–Crippen MR) is 104 cm³/mol. The van der Waals surface area contributed by atoms with Gasteiger partial charge in [-0.1, -0.05) is 56.1 Å². The number of nitrogens with one attached hydrogen (secondary N) is 1. The van der Waals surface area contributed by atoms with Crippen LogP contribution in [-0.2, 0) is 27.2 Å². The Hall–Kier alpha value is -1.66. The van der Waals surface area contributed by atoms with Gasteiger partial charge < -0.3 is 10.1 Å². The molecule has 0 heterocycles. The number of ether oxygens (including phenoxy) is 1. The van der Waals surface area contributed by atoms with Gasteiger partial charge in [-0.05, 0) is 42.3 Å². The molecule has 2 aromatic carbocycles. The van der Waals surface area contributed by atoms with Gasteiger partial charge in [-0.15, -0.1) is 0 Å². The van der Waals surface area contributed by atoms with Crippen molar-refractivity contribution in [2.75, 3.05) is 6.61 Å². The molecule has 0 bridgehead atoms. The lowest BCUT2D eigenvalue weighted by atomic mass is 9.84. The van der Waals surface area contributed by atoms with Crippen molar-refractivity contribution >= 4 is 44.2 Å². The van der Waals surface area contributed by atoms with E-state index >= 15 is 0 Å². The van der Waals surface area contributed by atoms with Gasteiger partial charge in [0.2, 0.25) is 6.41 Å². The number of carbonyl (C=O) groups is 2. The van der Waals surface area contributed by atoms with Crippen molar-refractivity contribution in [1.82, 2.24) is 5.32 Å². The van der Waals surface area contributed by atoms with E-state index in [2.05, 4.69) is 37.2 Å². The molecule has 132 valence electrons. The fourth-order valence-corrected chi connectivity index (χ4v) is 3.18. The molecular weight excluding hydrogens is 450 g/mol. The van der Waals surface area contributed by atoms with Gasteiger partial charge in [0, 0.05) is 21.8 Å². The van der Waals surface area contributed by atoms with E-state index in [1.807, 2.05) is 48.5 Å². The molecule has 2 rings (SSSR count). The van der Waals surface area contributed by atoms with Crippen LogP contribution in [0.15, 0.2) is 57.5 Å². The molecule has 1 N–H and O–H groups in total. The van der Waals surface area contributed by atoms with Crippen molar-refractivity contribution in [1.29, 1.82) is 0 Å². The minimum Gasteiger partial charge on any atom is -0.464 e. The van der Waals surface area contributed by atoms with Crippen LogP contribution in [0.2, 0.25) is 0 Å². The summed E-state index contributed by atoms with van der Waals surface area (Å²) in [6, 6.07) is 15.3. The SMILES string of the molecule is CCOC(=O)C(Cc1ccc(Br)cc1)(Cc1ccc(Br)cc1)NC=O. The monoisotopic (exact) mass is 467 g/mol. The molecule has 25 heavy (non-hydrogen) atoms. The largest absolute Gasteiger partial charge is 0.464 e. The summed E-state index contributed by atoms with van der Waals surface area (Å²) in [5.41, 5.74) is 0.713. The zero-order valence-corrected chi connectivity index (χ0v) is 17.0. The third kappa shape index (κ3) is 5.41. The molecule has 0 unspecified atom stereocenters. The molecule has 0 fully saturated rings. The van der Waals surface area contributed by atoms with Gasteiger partial charge >= 0.3 is 5.97 Å². The Labute approximate surface area is 164 Å². The minimum atomic E-state index is -1.15. The number of halogens is 2. The summed E-state index contributed by atoms with van der Waals surface area (Å²) in [7, 11) is 0. The van der Waals surface area contributed by atoms with E-state index in [1.165, 1.54) is 0 Å². The molecule has 0 saturated carbocycles. The summed E-state index contributed by atoms with van der Waals surface area (Å²) in [6.07, 6.45) is 1.25. The highest BCUT2D eigenvalue weighted by Crippen LogP contribution is 2.23. The quantitative estimate of drug-likeness (QED) is 0.469. The van der Waals surface area contributed by atoms with Crippen LogP contribution in [0, 0.1) is 0 Å². The first kappa shape index (κ1) is 19.7. The first-order valence-electron chi connectivity index (χ1n) is 7.86. The number of rotatable bonds is 8. The topological polar surface area (TPSA) is 55.4 Å². The van der Waals surface area contributed by atoms with Crippen LogP contribution >= 0.6 is 31.9 Å². The number of carbonyl (C=O) groups excluding carboxylic acids is 2. The molecule has 0 aliphatic heterocycles. The first-order valence-corrected chi connectivity index (χ1v) is 9.45. The molecule has 0 aromatic heterocycles. The molecule has 6 heteroatoms. The number of hydrogen-bond acceptors (Lipinski definition) is 3. The summed E-state index contributed by atoms with van der Waals surface area (Å²) in [5, 5.41) is 2.73. The first-order chi connectivity index (χ1) is 12.0. The van der Waals surface area contributed by atoms with Crippen LogP contribution in [0.5, 0.6) is 0 Å². The van der Waals surface area contributed by atoms with Crippen LogP contribution in [-0.4, -0.2) is 24.5 Å². The Morgan fingerprint density at radius 3 is 1.80 bits per heavy atom. The molecule has 0 radical (unpaired) electrons. The van der Waals surface area contributed by atoms with Gasteiger partial charge in [0.25, 0.3) is 0 Å². The van der Waals surface area contributed by atoms with E-state index in [0.717, 1.165) is 20.1 Å². The zero-order valence-electron chi connectivity index (χ0n) is 13.8. The summed E-state index contributed by atoms with van der Waals surface area (Å²) < 4.78 is 7.18. The Kier molecular flexibility index (Phi) is 7.20. The van der Waals surface area contributed by atoms with Crippen molar-refractivity contribution in [3.8, 4) is 0 Å². The van der Waals surface area contributed by atoms with Gasteiger partial charge in [0.1, 0.15) is 5.54 Å². The average molecular weight is 469 g/mol. The predicted octanol–water partition coefficient (Wildman–Crippen LogP) is 4.04. The maximum atomic E-state index is 12.7.